The van der Waals surface area contributed by atoms with E-state index in [4.69, 9.17) is 4.74 Å². The van der Waals surface area contributed by atoms with Crippen LogP contribution in [0.3, 0.4) is 0 Å². The highest BCUT2D eigenvalue weighted by atomic mass is 32.2. The Morgan fingerprint density at radius 2 is 2.33 bits per heavy atom. The van der Waals surface area contributed by atoms with Gasteiger partial charge in [0, 0.05) is 24.1 Å². The van der Waals surface area contributed by atoms with E-state index in [1.54, 1.807) is 0 Å². The van der Waals surface area contributed by atoms with Crippen LogP contribution in [0.4, 0.5) is 0 Å². The standard InChI is InChI=1S/C11H19NO2S/c13-11(14-5-3-9-1-2-9)7-10-8-15-6-4-12-10/h9-10,12H,1-8H2. The fourth-order valence-corrected chi connectivity index (χ4v) is 2.71. The predicted molar refractivity (Wildman–Crippen MR) is 62.0 cm³/mol. The number of ether oxygens (including phenoxy) is 1. The molecule has 2 fully saturated rings. The Morgan fingerprint density at radius 3 is 3.00 bits per heavy atom. The highest BCUT2D eigenvalue weighted by Crippen LogP contribution is 2.32. The summed E-state index contributed by atoms with van der Waals surface area (Å²) in [5, 5.41) is 3.34. The van der Waals surface area contributed by atoms with Crippen LogP contribution in [0.25, 0.3) is 0 Å². The first-order valence-electron chi connectivity index (χ1n) is 5.81. The van der Waals surface area contributed by atoms with E-state index in [2.05, 4.69) is 5.32 Å². The number of thioether (sulfide) groups is 1. The molecule has 15 heavy (non-hydrogen) atoms. The Bertz CT molecular complexity index is 213. The smallest absolute Gasteiger partial charge is 0.307 e. The lowest BCUT2D eigenvalue weighted by molar-refractivity contribution is -0.144. The van der Waals surface area contributed by atoms with E-state index in [0.717, 1.165) is 30.4 Å². The summed E-state index contributed by atoms with van der Waals surface area (Å²) in [6.45, 7) is 1.65. The zero-order chi connectivity index (χ0) is 10.5. The van der Waals surface area contributed by atoms with E-state index in [1.165, 1.54) is 12.8 Å². The van der Waals surface area contributed by atoms with Crippen molar-refractivity contribution < 1.29 is 9.53 Å². The van der Waals surface area contributed by atoms with Crippen molar-refractivity contribution in [3.8, 4) is 0 Å². The molecule has 2 aliphatic rings. The largest absolute Gasteiger partial charge is 0.466 e. The molecule has 2 rings (SSSR count). The fraction of sp³-hybridized carbons (Fsp3) is 0.909. The third kappa shape index (κ3) is 4.43. The van der Waals surface area contributed by atoms with Crippen molar-refractivity contribution in [2.24, 2.45) is 5.92 Å². The minimum absolute atomic E-state index is 0.0318. The monoisotopic (exact) mass is 229 g/mol. The summed E-state index contributed by atoms with van der Waals surface area (Å²) in [6, 6.07) is 0.331. The predicted octanol–water partition coefficient (Wildman–Crippen LogP) is 1.42. The van der Waals surface area contributed by atoms with Crippen molar-refractivity contribution >= 4 is 17.7 Å². The average Bonchev–Trinajstić information content (AvgIpc) is 3.03. The van der Waals surface area contributed by atoms with Gasteiger partial charge in [-0.15, -0.1) is 0 Å². The molecular formula is C11H19NO2S. The normalized spacial score (nSPS) is 26.3. The second kappa shape index (κ2) is 5.75. The fourth-order valence-electron chi connectivity index (χ4n) is 1.76. The third-order valence-corrected chi connectivity index (χ3v) is 4.03. The van der Waals surface area contributed by atoms with Crippen LogP contribution in [-0.2, 0) is 9.53 Å². The molecule has 0 radical (unpaired) electrons. The highest BCUT2D eigenvalue weighted by Gasteiger charge is 2.22. The van der Waals surface area contributed by atoms with E-state index in [1.807, 2.05) is 11.8 Å². The van der Waals surface area contributed by atoms with E-state index >= 15 is 0 Å². The zero-order valence-corrected chi connectivity index (χ0v) is 9.85. The van der Waals surface area contributed by atoms with Crippen LogP contribution in [0.15, 0.2) is 0 Å². The van der Waals surface area contributed by atoms with Gasteiger partial charge in [0.2, 0.25) is 0 Å². The molecular weight excluding hydrogens is 210 g/mol. The number of esters is 1. The first kappa shape index (κ1) is 11.3. The first-order chi connectivity index (χ1) is 7.34. The summed E-state index contributed by atoms with van der Waals surface area (Å²) in [5.74, 6) is 3.02. The topological polar surface area (TPSA) is 38.3 Å². The first-order valence-corrected chi connectivity index (χ1v) is 6.97. The second-order valence-electron chi connectivity index (χ2n) is 4.38. The maximum atomic E-state index is 11.4. The summed E-state index contributed by atoms with van der Waals surface area (Å²) in [4.78, 5) is 11.4. The molecule has 0 bridgehead atoms. The van der Waals surface area contributed by atoms with Gasteiger partial charge in [0.15, 0.2) is 0 Å². The van der Waals surface area contributed by atoms with Crippen LogP contribution in [0, 0.1) is 5.92 Å². The van der Waals surface area contributed by atoms with E-state index < -0.39 is 0 Å². The van der Waals surface area contributed by atoms with Crippen molar-refractivity contribution in [1.29, 1.82) is 0 Å². The Hall–Kier alpha value is -0.220. The molecule has 1 unspecified atom stereocenters. The highest BCUT2D eigenvalue weighted by molar-refractivity contribution is 7.99. The van der Waals surface area contributed by atoms with Crippen LogP contribution in [-0.4, -0.2) is 36.7 Å². The van der Waals surface area contributed by atoms with Crippen molar-refractivity contribution in [2.75, 3.05) is 24.7 Å². The van der Waals surface area contributed by atoms with Gasteiger partial charge in [-0.3, -0.25) is 4.79 Å². The third-order valence-electron chi connectivity index (χ3n) is 2.90. The summed E-state index contributed by atoms with van der Waals surface area (Å²) in [7, 11) is 0. The molecule has 0 aromatic heterocycles. The van der Waals surface area contributed by atoms with Crippen molar-refractivity contribution in [3.05, 3.63) is 0 Å². The lowest BCUT2D eigenvalue weighted by atomic mass is 10.2. The average molecular weight is 229 g/mol. The maximum absolute atomic E-state index is 11.4. The quantitative estimate of drug-likeness (QED) is 0.724. The molecule has 0 aromatic rings. The lowest BCUT2D eigenvalue weighted by Gasteiger charge is -2.22. The number of rotatable bonds is 5. The molecule has 1 saturated heterocycles. The molecule has 1 heterocycles. The zero-order valence-electron chi connectivity index (χ0n) is 9.04. The molecule has 4 heteroatoms. The molecule has 1 atom stereocenters. The molecule has 0 aromatic carbocycles. The van der Waals surface area contributed by atoms with Gasteiger partial charge >= 0.3 is 5.97 Å². The van der Waals surface area contributed by atoms with Crippen LogP contribution in [0.2, 0.25) is 0 Å². The Morgan fingerprint density at radius 1 is 1.47 bits per heavy atom. The van der Waals surface area contributed by atoms with Crippen LogP contribution < -0.4 is 5.32 Å². The molecule has 1 aliphatic carbocycles. The molecule has 86 valence electrons. The summed E-state index contributed by atoms with van der Waals surface area (Å²) >= 11 is 1.91. The Kier molecular flexibility index (Phi) is 4.32. The van der Waals surface area contributed by atoms with Gasteiger partial charge in [-0.25, -0.2) is 0 Å². The van der Waals surface area contributed by atoms with Gasteiger partial charge in [0.05, 0.1) is 13.0 Å². The van der Waals surface area contributed by atoms with Crippen molar-refractivity contribution in [2.45, 2.75) is 31.7 Å². The van der Waals surface area contributed by atoms with E-state index in [-0.39, 0.29) is 5.97 Å². The minimum Gasteiger partial charge on any atom is -0.466 e. The van der Waals surface area contributed by atoms with E-state index in [0.29, 0.717) is 19.1 Å². The second-order valence-corrected chi connectivity index (χ2v) is 5.53. The van der Waals surface area contributed by atoms with Gasteiger partial charge < -0.3 is 10.1 Å². The summed E-state index contributed by atoms with van der Waals surface area (Å²) in [5.41, 5.74) is 0. The Labute approximate surface area is 95.3 Å². The molecule has 1 aliphatic heterocycles. The van der Waals surface area contributed by atoms with Gasteiger partial charge in [0.1, 0.15) is 0 Å². The summed E-state index contributed by atoms with van der Waals surface area (Å²) < 4.78 is 5.21. The summed E-state index contributed by atoms with van der Waals surface area (Å²) in [6.07, 6.45) is 4.27. The lowest BCUT2D eigenvalue weighted by Crippen LogP contribution is -2.39. The van der Waals surface area contributed by atoms with Crippen LogP contribution in [0.5, 0.6) is 0 Å². The number of nitrogens with one attached hydrogen (secondary N) is 1. The number of carbonyl (C=O) groups excluding carboxylic acids is 1. The van der Waals surface area contributed by atoms with Gasteiger partial charge in [-0.2, -0.15) is 11.8 Å². The van der Waals surface area contributed by atoms with Gasteiger partial charge in [-0.1, -0.05) is 12.8 Å². The molecule has 0 amide bonds. The van der Waals surface area contributed by atoms with Crippen molar-refractivity contribution in [1.82, 2.24) is 5.32 Å². The molecule has 1 saturated carbocycles. The molecule has 1 N–H and O–H groups in total. The number of carbonyl (C=O) groups is 1. The van der Waals surface area contributed by atoms with Crippen LogP contribution in [0.1, 0.15) is 25.7 Å². The number of hydrogen-bond acceptors (Lipinski definition) is 4. The number of hydrogen-bond donors (Lipinski definition) is 1. The van der Waals surface area contributed by atoms with E-state index in [9.17, 15) is 4.79 Å². The van der Waals surface area contributed by atoms with Crippen LogP contribution >= 0.6 is 11.8 Å². The molecule has 0 spiro atoms. The minimum atomic E-state index is -0.0318. The van der Waals surface area contributed by atoms with Gasteiger partial charge in [-0.05, 0) is 12.3 Å². The van der Waals surface area contributed by atoms with Gasteiger partial charge in [0.25, 0.3) is 0 Å². The van der Waals surface area contributed by atoms with Crippen molar-refractivity contribution in [3.63, 3.8) is 0 Å². The Balaban J connectivity index is 1.54. The SMILES string of the molecule is O=C(CC1CSCCN1)OCCC1CC1. The molecule has 3 nitrogen and oxygen atoms in total. The maximum Gasteiger partial charge on any atom is 0.307 e.